The summed E-state index contributed by atoms with van der Waals surface area (Å²) in [5, 5.41) is 0.789. The van der Waals surface area contributed by atoms with Gasteiger partial charge in [0.2, 0.25) is 0 Å². The predicted octanol–water partition coefficient (Wildman–Crippen LogP) is 1.14. The zero-order valence-corrected chi connectivity index (χ0v) is 9.13. The van der Waals surface area contributed by atoms with Crippen molar-refractivity contribution in [2.75, 3.05) is 7.11 Å². The van der Waals surface area contributed by atoms with Gasteiger partial charge in [0.25, 0.3) is 0 Å². The van der Waals surface area contributed by atoms with E-state index in [0.29, 0.717) is 0 Å². The van der Waals surface area contributed by atoms with Gasteiger partial charge < -0.3 is 0 Å². The maximum atomic E-state index is 5.84. The van der Waals surface area contributed by atoms with Gasteiger partial charge in [-0.2, -0.15) is 0 Å². The van der Waals surface area contributed by atoms with E-state index in [4.69, 9.17) is 16.3 Å². The molecule has 0 saturated carbocycles. The molecule has 0 saturated heterocycles. The minimum absolute atomic E-state index is 0.789. The molecular formula is C7H6ClOSn. The van der Waals surface area contributed by atoms with Crippen LogP contribution >= 0.6 is 11.6 Å². The number of rotatable bonds is 1. The van der Waals surface area contributed by atoms with Gasteiger partial charge in [0.15, 0.2) is 0 Å². The van der Waals surface area contributed by atoms with E-state index in [1.165, 1.54) is 22.5 Å². The number of methoxy groups -OCH3 is 1. The van der Waals surface area contributed by atoms with E-state index < -0.39 is 0 Å². The van der Waals surface area contributed by atoms with Gasteiger partial charge in [0.05, 0.1) is 0 Å². The molecule has 10 heavy (non-hydrogen) atoms. The molecule has 1 rings (SSSR count). The van der Waals surface area contributed by atoms with E-state index in [0.717, 1.165) is 14.4 Å². The van der Waals surface area contributed by atoms with E-state index in [2.05, 4.69) is 0 Å². The quantitative estimate of drug-likeness (QED) is 0.688. The zero-order chi connectivity index (χ0) is 7.56. The molecule has 0 atom stereocenters. The van der Waals surface area contributed by atoms with Crippen molar-refractivity contribution in [3.8, 4) is 5.75 Å². The van der Waals surface area contributed by atoms with Crippen molar-refractivity contribution in [3.63, 3.8) is 0 Å². The third-order valence-corrected chi connectivity index (χ3v) is 3.19. The molecule has 0 spiro atoms. The second kappa shape index (κ2) is 3.49. The van der Waals surface area contributed by atoms with E-state index in [-0.39, 0.29) is 0 Å². The summed E-state index contributed by atoms with van der Waals surface area (Å²) < 4.78 is 6.14. The first-order valence-corrected chi connectivity index (χ1v) is 4.59. The number of hydrogen-bond acceptors (Lipinski definition) is 1. The summed E-state index contributed by atoms with van der Waals surface area (Å²) in [4.78, 5) is 0. The standard InChI is InChI=1S/C7H6ClO.Sn/c1-9-7-4-2-3-6(8)5-7;/h2,4-5H,1H3;. The van der Waals surface area contributed by atoms with Crippen LogP contribution in [0, 0.1) is 0 Å². The fraction of sp³-hybridized carbons (Fsp3) is 0.143. The molecule has 0 fully saturated rings. The van der Waals surface area contributed by atoms with Gasteiger partial charge in [-0.15, -0.1) is 0 Å². The fourth-order valence-electron chi connectivity index (χ4n) is 0.623. The van der Waals surface area contributed by atoms with Gasteiger partial charge in [-0.1, -0.05) is 0 Å². The second-order valence-electron chi connectivity index (χ2n) is 1.85. The molecule has 1 aromatic carbocycles. The Labute approximate surface area is 78.4 Å². The Hall–Kier alpha value is 0.109. The summed E-state index contributed by atoms with van der Waals surface area (Å²) in [5.41, 5.74) is 0. The van der Waals surface area contributed by atoms with Crippen molar-refractivity contribution in [1.82, 2.24) is 0 Å². The topological polar surface area (TPSA) is 9.23 Å². The average molecular weight is 260 g/mol. The first-order valence-electron chi connectivity index (χ1n) is 2.79. The zero-order valence-electron chi connectivity index (χ0n) is 5.52. The van der Waals surface area contributed by atoms with Gasteiger partial charge in [-0.05, 0) is 0 Å². The number of hydrogen-bond donors (Lipinski definition) is 0. The van der Waals surface area contributed by atoms with Crippen LogP contribution in [0.4, 0.5) is 0 Å². The van der Waals surface area contributed by atoms with E-state index >= 15 is 0 Å². The van der Waals surface area contributed by atoms with Crippen LogP contribution in [0.5, 0.6) is 5.75 Å². The van der Waals surface area contributed by atoms with Crippen molar-refractivity contribution >= 4 is 37.7 Å². The first-order chi connectivity index (χ1) is 4.74. The second-order valence-corrected chi connectivity index (χ2v) is 3.79. The third-order valence-electron chi connectivity index (χ3n) is 1.18. The van der Waals surface area contributed by atoms with Crippen LogP contribution in [0.2, 0.25) is 5.02 Å². The summed E-state index contributed by atoms with van der Waals surface area (Å²) in [5.74, 6) is 0.816. The van der Waals surface area contributed by atoms with Crippen LogP contribution in [-0.2, 0) is 0 Å². The van der Waals surface area contributed by atoms with E-state index in [1.54, 1.807) is 7.11 Å². The van der Waals surface area contributed by atoms with Gasteiger partial charge in [0.1, 0.15) is 0 Å². The Morgan fingerprint density at radius 1 is 1.50 bits per heavy atom. The normalized spacial score (nSPS) is 9.50. The Morgan fingerprint density at radius 2 is 2.20 bits per heavy atom. The summed E-state index contributed by atoms with van der Waals surface area (Å²) in [6.07, 6.45) is 0. The van der Waals surface area contributed by atoms with Crippen LogP contribution in [0.1, 0.15) is 0 Å². The Bertz CT molecular complexity index is 237. The molecule has 3 heteroatoms. The molecule has 0 heterocycles. The van der Waals surface area contributed by atoms with Crippen molar-refractivity contribution in [1.29, 1.82) is 0 Å². The number of halogens is 1. The van der Waals surface area contributed by atoms with Crippen LogP contribution in [0.3, 0.4) is 0 Å². The molecule has 0 amide bonds. The van der Waals surface area contributed by atoms with Crippen molar-refractivity contribution in [3.05, 3.63) is 23.2 Å². The molecule has 0 aromatic heterocycles. The molecule has 0 aliphatic carbocycles. The Kier molecular flexibility index (Phi) is 2.86. The Morgan fingerprint density at radius 3 is 2.70 bits per heavy atom. The van der Waals surface area contributed by atoms with Crippen molar-refractivity contribution in [2.45, 2.75) is 0 Å². The van der Waals surface area contributed by atoms with Gasteiger partial charge >= 0.3 is 78.5 Å². The van der Waals surface area contributed by atoms with Crippen LogP contribution < -0.4 is 8.32 Å². The average Bonchev–Trinajstić information content (AvgIpc) is 1.95. The summed E-state index contributed by atoms with van der Waals surface area (Å²) in [6.45, 7) is 0. The summed E-state index contributed by atoms with van der Waals surface area (Å²) in [6, 6.07) is 5.71. The third kappa shape index (κ3) is 1.80. The molecule has 0 aliphatic heterocycles. The molecule has 1 nitrogen and oxygen atoms in total. The Balaban J connectivity index is 3.04. The molecule has 0 N–H and O–H groups in total. The summed E-state index contributed by atoms with van der Waals surface area (Å²) in [7, 11) is 1.63. The maximum absolute atomic E-state index is 5.84. The first kappa shape index (κ1) is 8.21. The summed E-state index contributed by atoms with van der Waals surface area (Å²) >= 11 is 7.17. The van der Waals surface area contributed by atoms with Crippen LogP contribution in [-0.4, -0.2) is 29.6 Å². The molecule has 51 valence electrons. The monoisotopic (exact) mass is 261 g/mol. The van der Waals surface area contributed by atoms with E-state index in [9.17, 15) is 0 Å². The molecule has 0 aliphatic rings. The molecule has 0 bridgehead atoms. The molecule has 0 unspecified atom stereocenters. The van der Waals surface area contributed by atoms with Crippen molar-refractivity contribution < 1.29 is 4.74 Å². The van der Waals surface area contributed by atoms with Crippen LogP contribution in [0.25, 0.3) is 0 Å². The fourth-order valence-corrected chi connectivity index (χ4v) is 1.24. The predicted molar refractivity (Wildman–Crippen MR) is 43.4 cm³/mol. The van der Waals surface area contributed by atoms with E-state index in [1.807, 2.05) is 18.2 Å². The number of ether oxygens (including phenoxy) is 1. The molecule has 3 radical (unpaired) electrons. The number of benzene rings is 1. The molecular weight excluding hydrogens is 254 g/mol. The van der Waals surface area contributed by atoms with Gasteiger partial charge in [0, 0.05) is 0 Å². The van der Waals surface area contributed by atoms with Gasteiger partial charge in [-0.25, -0.2) is 0 Å². The SMILES string of the molecule is COc1cc[c]([Sn])c(Cl)c1. The van der Waals surface area contributed by atoms with Crippen LogP contribution in [0.15, 0.2) is 18.2 Å². The van der Waals surface area contributed by atoms with Gasteiger partial charge in [-0.3, -0.25) is 0 Å². The van der Waals surface area contributed by atoms with Crippen molar-refractivity contribution in [2.24, 2.45) is 0 Å². The minimum atomic E-state index is 0.789. The molecule has 1 aromatic rings.